The highest BCUT2D eigenvalue weighted by Gasteiger charge is 2.37. The number of nitrogens with one attached hydrogen (secondary N) is 2. The number of carbonyl (C=O) groups excluding carboxylic acids is 1. The third-order valence-electron chi connectivity index (χ3n) is 5.50. The number of fused-ring (bicyclic) bond motifs is 2. The lowest BCUT2D eigenvalue weighted by atomic mass is 9.76. The van der Waals surface area contributed by atoms with Gasteiger partial charge in [0.15, 0.2) is 11.6 Å². The van der Waals surface area contributed by atoms with Crippen LogP contribution in [0.15, 0.2) is 42.5 Å². The number of H-pyrrole nitrogens is 1. The summed E-state index contributed by atoms with van der Waals surface area (Å²) in [5.74, 6) is 1.19. The molecular weight excluding hydrogens is 398 g/mol. The maximum atomic E-state index is 13.1. The van der Waals surface area contributed by atoms with E-state index >= 15 is 0 Å². The molecule has 2 aromatic heterocycles. The average molecular weight is 420 g/mol. The van der Waals surface area contributed by atoms with Gasteiger partial charge < -0.3 is 10.3 Å². The Morgan fingerprint density at radius 2 is 1.97 bits per heavy atom. The van der Waals surface area contributed by atoms with Crippen molar-refractivity contribution in [2.24, 2.45) is 5.41 Å². The summed E-state index contributed by atoms with van der Waals surface area (Å²) in [4.78, 5) is 21.1. The number of halogens is 1. The van der Waals surface area contributed by atoms with Gasteiger partial charge in [-0.25, -0.2) is 9.67 Å². The van der Waals surface area contributed by atoms with Gasteiger partial charge in [-0.1, -0.05) is 43.6 Å². The Hall–Kier alpha value is -3.12. The van der Waals surface area contributed by atoms with Crippen molar-refractivity contribution in [2.45, 2.75) is 33.6 Å². The minimum atomic E-state index is -0.146. The highest BCUT2D eigenvalue weighted by molar-refractivity contribution is 6.33. The lowest BCUT2D eigenvalue weighted by Gasteiger charge is -2.28. The van der Waals surface area contributed by atoms with Crippen LogP contribution in [0.25, 0.3) is 17.0 Å². The molecule has 0 fully saturated rings. The molecule has 2 aromatic carbocycles. The second kappa shape index (κ2) is 6.71. The van der Waals surface area contributed by atoms with Gasteiger partial charge in [0.05, 0.1) is 33.0 Å². The van der Waals surface area contributed by atoms with E-state index in [1.54, 1.807) is 4.68 Å². The zero-order chi connectivity index (χ0) is 21.0. The lowest BCUT2D eigenvalue weighted by Crippen LogP contribution is -2.28. The van der Waals surface area contributed by atoms with E-state index in [1.807, 2.05) is 49.4 Å². The Labute approximate surface area is 179 Å². The average Bonchev–Trinajstić information content (AvgIpc) is 3.24. The number of Topliss-reactive ketones (excluding diaryl/α,β-unsaturated/α-hetero) is 1. The number of ketones is 1. The van der Waals surface area contributed by atoms with E-state index < -0.39 is 0 Å². The maximum absolute atomic E-state index is 13.1. The third-order valence-corrected chi connectivity index (χ3v) is 5.81. The number of aromatic nitrogens is 4. The summed E-state index contributed by atoms with van der Waals surface area (Å²) in [6.07, 6.45) is 1.20. The molecule has 0 spiro atoms. The fraction of sp³-hybridized carbons (Fsp3) is 0.261. The molecule has 4 aromatic rings. The van der Waals surface area contributed by atoms with Crippen molar-refractivity contribution in [3.8, 4) is 5.95 Å². The highest BCUT2D eigenvalue weighted by atomic mass is 35.5. The van der Waals surface area contributed by atoms with Crippen LogP contribution in [0.2, 0.25) is 5.02 Å². The van der Waals surface area contributed by atoms with Crippen LogP contribution in [-0.2, 0) is 6.42 Å². The summed E-state index contributed by atoms with van der Waals surface area (Å²) < 4.78 is 1.76. The number of aryl methyl sites for hydroxylation is 1. The molecule has 1 aliphatic carbocycles. The van der Waals surface area contributed by atoms with Crippen molar-refractivity contribution in [3.63, 3.8) is 0 Å². The molecule has 5 rings (SSSR count). The molecule has 0 amide bonds. The van der Waals surface area contributed by atoms with Crippen LogP contribution < -0.4 is 5.32 Å². The molecule has 0 atom stereocenters. The summed E-state index contributed by atoms with van der Waals surface area (Å²) in [5.41, 5.74) is 4.90. The van der Waals surface area contributed by atoms with Crippen LogP contribution in [0, 0.1) is 12.3 Å². The first-order chi connectivity index (χ1) is 14.3. The van der Waals surface area contributed by atoms with E-state index in [4.69, 9.17) is 21.7 Å². The first-order valence-electron chi connectivity index (χ1n) is 9.94. The van der Waals surface area contributed by atoms with Crippen molar-refractivity contribution in [1.29, 1.82) is 0 Å². The van der Waals surface area contributed by atoms with Gasteiger partial charge in [0.2, 0.25) is 5.95 Å². The number of rotatable bonds is 3. The van der Waals surface area contributed by atoms with Gasteiger partial charge in [-0.2, -0.15) is 0 Å². The Morgan fingerprint density at radius 1 is 1.17 bits per heavy atom. The Balaban J connectivity index is 1.67. The number of hydrogen-bond donors (Lipinski definition) is 2. The monoisotopic (exact) mass is 419 g/mol. The molecule has 6 nitrogen and oxygen atoms in total. The molecule has 0 saturated carbocycles. The summed E-state index contributed by atoms with van der Waals surface area (Å²) in [6, 6.07) is 13.6. The predicted molar refractivity (Wildman–Crippen MR) is 119 cm³/mol. The normalized spacial score (nSPS) is 15.4. The van der Waals surface area contributed by atoms with Gasteiger partial charge in [0.1, 0.15) is 0 Å². The van der Waals surface area contributed by atoms with Gasteiger partial charge >= 0.3 is 0 Å². The second-order valence-electron chi connectivity index (χ2n) is 8.71. The highest BCUT2D eigenvalue weighted by Crippen LogP contribution is 2.40. The molecule has 2 heterocycles. The molecule has 0 unspecified atom stereocenters. The first kappa shape index (κ1) is 18.9. The smallest absolute Gasteiger partial charge is 0.229 e. The number of anilines is 2. The molecule has 152 valence electrons. The van der Waals surface area contributed by atoms with E-state index in [0.29, 0.717) is 28.8 Å². The van der Waals surface area contributed by atoms with Crippen molar-refractivity contribution < 1.29 is 4.79 Å². The number of benzene rings is 2. The Kier molecular flexibility index (Phi) is 4.22. The number of nitrogens with zero attached hydrogens (tertiary/aromatic N) is 3. The summed E-state index contributed by atoms with van der Waals surface area (Å²) >= 11 is 6.42. The van der Waals surface area contributed by atoms with Crippen LogP contribution in [-0.4, -0.2) is 25.5 Å². The molecule has 1 aliphatic rings. The minimum Gasteiger partial charge on any atom is -0.337 e. The van der Waals surface area contributed by atoms with Crippen molar-refractivity contribution in [1.82, 2.24) is 19.7 Å². The zero-order valence-corrected chi connectivity index (χ0v) is 17.8. The number of hydrogen-bond acceptors (Lipinski definition) is 4. The number of carbonyl (C=O) groups is 1. The minimum absolute atomic E-state index is 0.0781. The van der Waals surface area contributed by atoms with Crippen LogP contribution in [0.1, 0.15) is 41.9 Å². The number of para-hydroxylation sites is 2. The van der Waals surface area contributed by atoms with E-state index in [-0.39, 0.29) is 11.2 Å². The van der Waals surface area contributed by atoms with Gasteiger partial charge in [-0.15, -0.1) is 5.10 Å². The topological polar surface area (TPSA) is 75.6 Å². The first-order valence-corrected chi connectivity index (χ1v) is 10.3. The van der Waals surface area contributed by atoms with E-state index in [2.05, 4.69) is 24.1 Å². The van der Waals surface area contributed by atoms with Crippen LogP contribution in [0.4, 0.5) is 11.5 Å². The standard InChI is InChI=1S/C23H22ClN5O/c1-13-8-9-15(14(24)10-13)25-21-20-18(11-23(2,3)12-19(20)30)29(28-21)22-26-16-6-4-5-7-17(16)27-22/h4-10H,11-12H2,1-3H3,(H,25,28)(H,26,27). The fourth-order valence-corrected chi connectivity index (χ4v) is 4.38. The van der Waals surface area contributed by atoms with Crippen LogP contribution in [0.5, 0.6) is 0 Å². The third kappa shape index (κ3) is 3.17. The Bertz CT molecular complexity index is 1270. The summed E-state index contributed by atoms with van der Waals surface area (Å²) in [7, 11) is 0. The van der Waals surface area contributed by atoms with E-state index in [0.717, 1.165) is 34.4 Å². The van der Waals surface area contributed by atoms with Crippen molar-refractivity contribution >= 4 is 39.9 Å². The largest absolute Gasteiger partial charge is 0.337 e. The lowest BCUT2D eigenvalue weighted by molar-refractivity contribution is 0.0911. The number of imidazole rings is 1. The van der Waals surface area contributed by atoms with Crippen LogP contribution >= 0.6 is 11.6 Å². The van der Waals surface area contributed by atoms with E-state index in [9.17, 15) is 4.79 Å². The summed E-state index contributed by atoms with van der Waals surface area (Å²) in [6.45, 7) is 6.20. The molecule has 2 N–H and O–H groups in total. The molecule has 30 heavy (non-hydrogen) atoms. The van der Waals surface area contributed by atoms with Gasteiger partial charge in [0, 0.05) is 6.42 Å². The number of aromatic amines is 1. The van der Waals surface area contributed by atoms with Crippen molar-refractivity contribution in [3.05, 3.63) is 64.3 Å². The molecule has 7 heteroatoms. The second-order valence-corrected chi connectivity index (χ2v) is 9.12. The molecule has 0 radical (unpaired) electrons. The quantitative estimate of drug-likeness (QED) is 0.452. The maximum Gasteiger partial charge on any atom is 0.229 e. The SMILES string of the molecule is Cc1ccc(Nc2nn(-c3nc4ccccc4[nH]3)c3c2C(=O)CC(C)(C)C3)c(Cl)c1. The zero-order valence-electron chi connectivity index (χ0n) is 17.1. The van der Waals surface area contributed by atoms with Gasteiger partial charge in [-0.05, 0) is 48.6 Å². The molecule has 0 bridgehead atoms. The fourth-order valence-electron chi connectivity index (χ4n) is 4.10. The van der Waals surface area contributed by atoms with Crippen LogP contribution in [0.3, 0.4) is 0 Å². The summed E-state index contributed by atoms with van der Waals surface area (Å²) in [5, 5.41) is 8.64. The van der Waals surface area contributed by atoms with Crippen molar-refractivity contribution in [2.75, 3.05) is 5.32 Å². The Morgan fingerprint density at radius 3 is 2.73 bits per heavy atom. The molecule has 0 saturated heterocycles. The van der Waals surface area contributed by atoms with Gasteiger partial charge in [-0.3, -0.25) is 4.79 Å². The predicted octanol–water partition coefficient (Wildman–Crippen LogP) is 5.61. The molecular formula is C23H22ClN5O. The van der Waals surface area contributed by atoms with Gasteiger partial charge in [0.25, 0.3) is 0 Å². The molecule has 0 aliphatic heterocycles. The van der Waals surface area contributed by atoms with E-state index in [1.165, 1.54) is 0 Å².